The molecule has 0 aliphatic heterocycles. The Bertz CT molecular complexity index is 737. The van der Waals surface area contributed by atoms with E-state index in [0.717, 1.165) is 27.0 Å². The molecule has 0 saturated carbocycles. The summed E-state index contributed by atoms with van der Waals surface area (Å²) in [6, 6.07) is 11.2. The van der Waals surface area contributed by atoms with E-state index in [4.69, 9.17) is 16.3 Å². The van der Waals surface area contributed by atoms with Crippen LogP contribution in [-0.4, -0.2) is 31.5 Å². The number of nitrogens with zero attached hydrogens (tertiary/aromatic N) is 1. The second-order valence-corrected chi connectivity index (χ2v) is 6.99. The van der Waals surface area contributed by atoms with Gasteiger partial charge in [0.25, 0.3) is 0 Å². The minimum Gasteiger partial charge on any atom is -0.496 e. The summed E-state index contributed by atoms with van der Waals surface area (Å²) < 4.78 is 6.35. The van der Waals surface area contributed by atoms with Crippen LogP contribution < -0.4 is 10.1 Å². The lowest BCUT2D eigenvalue weighted by Crippen LogP contribution is -2.30. The van der Waals surface area contributed by atoms with E-state index in [9.17, 15) is 4.79 Å². The Labute approximate surface area is 155 Å². The van der Waals surface area contributed by atoms with Gasteiger partial charge in [0.05, 0.1) is 13.7 Å². The fourth-order valence-electron chi connectivity index (χ4n) is 2.42. The summed E-state index contributed by atoms with van der Waals surface area (Å²) in [4.78, 5) is 14.2. The highest BCUT2D eigenvalue weighted by Gasteiger charge is 2.12. The molecule has 2 rings (SSSR count). The molecule has 0 spiro atoms. The molecule has 0 aliphatic rings. The zero-order valence-corrected chi connectivity index (χ0v) is 16.2. The number of ether oxygens (including phenoxy) is 1. The van der Waals surface area contributed by atoms with Gasteiger partial charge in [-0.05, 0) is 55.9 Å². The van der Waals surface area contributed by atoms with Gasteiger partial charge >= 0.3 is 0 Å². The topological polar surface area (TPSA) is 41.6 Å². The van der Waals surface area contributed by atoms with Crippen LogP contribution in [0.5, 0.6) is 5.75 Å². The fraction of sp³-hybridized carbons (Fsp3) is 0.278. The highest BCUT2D eigenvalue weighted by Crippen LogP contribution is 2.24. The molecule has 0 heterocycles. The number of halogens is 2. The third kappa shape index (κ3) is 5.23. The molecule has 0 radical (unpaired) electrons. The second kappa shape index (κ2) is 8.51. The number of carbonyl (C=O) groups excluding carboxylic acids is 1. The average Bonchev–Trinajstić information content (AvgIpc) is 2.50. The molecule has 24 heavy (non-hydrogen) atoms. The zero-order valence-electron chi connectivity index (χ0n) is 13.9. The fourth-order valence-corrected chi connectivity index (χ4v) is 3.05. The first kappa shape index (κ1) is 18.8. The molecule has 2 aromatic carbocycles. The second-order valence-electron chi connectivity index (χ2n) is 5.64. The van der Waals surface area contributed by atoms with Crippen molar-refractivity contribution in [2.75, 3.05) is 26.0 Å². The predicted molar refractivity (Wildman–Crippen MR) is 102 cm³/mol. The van der Waals surface area contributed by atoms with Gasteiger partial charge in [0, 0.05) is 27.3 Å². The van der Waals surface area contributed by atoms with E-state index >= 15 is 0 Å². The summed E-state index contributed by atoms with van der Waals surface area (Å²) in [6.45, 7) is 2.80. The molecule has 6 heteroatoms. The van der Waals surface area contributed by atoms with Crippen LogP contribution in [0.1, 0.15) is 11.1 Å². The Balaban J connectivity index is 1.98. The van der Waals surface area contributed by atoms with E-state index in [2.05, 4.69) is 21.2 Å². The van der Waals surface area contributed by atoms with Gasteiger partial charge < -0.3 is 10.1 Å². The number of methoxy groups -OCH3 is 1. The first-order valence-corrected chi connectivity index (χ1v) is 8.63. The molecule has 1 N–H and O–H groups in total. The lowest BCUT2D eigenvalue weighted by Gasteiger charge is -2.18. The number of anilines is 1. The minimum absolute atomic E-state index is 0.0723. The third-order valence-electron chi connectivity index (χ3n) is 3.56. The van der Waals surface area contributed by atoms with Crippen LogP contribution in [0.3, 0.4) is 0 Å². The van der Waals surface area contributed by atoms with Gasteiger partial charge in [-0.25, -0.2) is 0 Å². The monoisotopic (exact) mass is 410 g/mol. The van der Waals surface area contributed by atoms with Crippen LogP contribution in [0.2, 0.25) is 5.02 Å². The van der Waals surface area contributed by atoms with Crippen LogP contribution in [0.15, 0.2) is 40.9 Å². The SMILES string of the molecule is COc1ccc(Br)cc1CN(C)CC(=O)Nc1ccc(Cl)cc1C. The molecule has 0 atom stereocenters. The Morgan fingerprint density at radius 2 is 2.04 bits per heavy atom. The molecule has 0 aromatic heterocycles. The summed E-state index contributed by atoms with van der Waals surface area (Å²) in [5.41, 5.74) is 2.73. The number of rotatable bonds is 6. The Morgan fingerprint density at radius 1 is 1.29 bits per heavy atom. The number of likely N-dealkylation sites (N-methyl/N-ethyl adjacent to an activating group) is 1. The van der Waals surface area contributed by atoms with Gasteiger partial charge in [0.2, 0.25) is 5.91 Å². The van der Waals surface area contributed by atoms with Gasteiger partial charge in [0.1, 0.15) is 5.75 Å². The maximum atomic E-state index is 12.2. The first-order valence-electron chi connectivity index (χ1n) is 7.46. The molecule has 0 fully saturated rings. The van der Waals surface area contributed by atoms with E-state index in [-0.39, 0.29) is 12.5 Å². The Kier molecular flexibility index (Phi) is 6.66. The van der Waals surface area contributed by atoms with E-state index in [1.165, 1.54) is 0 Å². The maximum Gasteiger partial charge on any atom is 0.238 e. The zero-order chi connectivity index (χ0) is 17.7. The average molecular weight is 412 g/mol. The standard InChI is InChI=1S/C18H20BrClN2O2/c1-12-8-15(20)5-6-16(12)21-18(23)11-22(2)10-13-9-14(19)4-7-17(13)24-3/h4-9H,10-11H2,1-3H3,(H,21,23). The number of amides is 1. The lowest BCUT2D eigenvalue weighted by atomic mass is 10.2. The molecule has 2 aromatic rings. The Morgan fingerprint density at radius 3 is 2.71 bits per heavy atom. The van der Waals surface area contributed by atoms with Crippen LogP contribution in [-0.2, 0) is 11.3 Å². The predicted octanol–water partition coefficient (Wildman–Crippen LogP) is 4.49. The van der Waals surface area contributed by atoms with Crippen molar-refractivity contribution in [2.45, 2.75) is 13.5 Å². The van der Waals surface area contributed by atoms with Crippen LogP contribution in [0.25, 0.3) is 0 Å². The summed E-state index contributed by atoms with van der Waals surface area (Å²) in [6.07, 6.45) is 0. The summed E-state index contributed by atoms with van der Waals surface area (Å²) >= 11 is 9.39. The molecule has 1 amide bonds. The van der Waals surface area contributed by atoms with E-state index in [1.54, 1.807) is 13.2 Å². The summed E-state index contributed by atoms with van der Waals surface area (Å²) in [7, 11) is 3.54. The van der Waals surface area contributed by atoms with Crippen molar-refractivity contribution in [1.29, 1.82) is 0 Å². The lowest BCUT2D eigenvalue weighted by molar-refractivity contribution is -0.117. The molecule has 128 valence electrons. The van der Waals surface area contributed by atoms with Crippen molar-refractivity contribution in [3.05, 3.63) is 57.0 Å². The van der Waals surface area contributed by atoms with E-state index in [1.807, 2.05) is 49.2 Å². The van der Waals surface area contributed by atoms with Crippen molar-refractivity contribution < 1.29 is 9.53 Å². The number of benzene rings is 2. The molecule has 0 bridgehead atoms. The van der Waals surface area contributed by atoms with Crippen molar-refractivity contribution >= 4 is 39.1 Å². The van der Waals surface area contributed by atoms with Gasteiger partial charge in [-0.2, -0.15) is 0 Å². The first-order chi connectivity index (χ1) is 11.4. The highest BCUT2D eigenvalue weighted by molar-refractivity contribution is 9.10. The molecule has 0 aliphatic carbocycles. The third-order valence-corrected chi connectivity index (χ3v) is 4.29. The smallest absolute Gasteiger partial charge is 0.238 e. The van der Waals surface area contributed by atoms with Gasteiger partial charge in [-0.15, -0.1) is 0 Å². The largest absolute Gasteiger partial charge is 0.496 e. The van der Waals surface area contributed by atoms with Gasteiger partial charge in [-0.3, -0.25) is 9.69 Å². The van der Waals surface area contributed by atoms with E-state index < -0.39 is 0 Å². The van der Waals surface area contributed by atoms with Crippen LogP contribution in [0.4, 0.5) is 5.69 Å². The number of hydrogen-bond acceptors (Lipinski definition) is 3. The molecule has 4 nitrogen and oxygen atoms in total. The molecule has 0 saturated heterocycles. The highest BCUT2D eigenvalue weighted by atomic mass is 79.9. The summed E-state index contributed by atoms with van der Waals surface area (Å²) in [5, 5.41) is 3.57. The van der Waals surface area contributed by atoms with Crippen LogP contribution >= 0.6 is 27.5 Å². The van der Waals surface area contributed by atoms with Crippen molar-refractivity contribution in [3.63, 3.8) is 0 Å². The maximum absolute atomic E-state index is 12.2. The number of aryl methyl sites for hydroxylation is 1. The normalized spacial score (nSPS) is 10.8. The Hall–Kier alpha value is -1.56. The van der Waals surface area contributed by atoms with Crippen molar-refractivity contribution in [1.82, 2.24) is 4.90 Å². The number of nitrogens with one attached hydrogen (secondary N) is 1. The van der Waals surface area contributed by atoms with Crippen LogP contribution in [0, 0.1) is 6.92 Å². The minimum atomic E-state index is -0.0723. The van der Waals surface area contributed by atoms with Gasteiger partial charge in [0.15, 0.2) is 0 Å². The molecular formula is C18H20BrClN2O2. The van der Waals surface area contributed by atoms with E-state index in [0.29, 0.717) is 11.6 Å². The number of carbonyl (C=O) groups is 1. The van der Waals surface area contributed by atoms with Crippen molar-refractivity contribution in [2.24, 2.45) is 0 Å². The number of hydrogen-bond donors (Lipinski definition) is 1. The molecular weight excluding hydrogens is 392 g/mol. The van der Waals surface area contributed by atoms with Crippen molar-refractivity contribution in [3.8, 4) is 5.75 Å². The quantitative estimate of drug-likeness (QED) is 0.761. The summed E-state index contributed by atoms with van der Waals surface area (Å²) in [5.74, 6) is 0.732. The molecule has 0 unspecified atom stereocenters. The van der Waals surface area contributed by atoms with Gasteiger partial charge in [-0.1, -0.05) is 27.5 Å².